The molecule has 104 valence electrons. The largest absolute Gasteiger partial charge is 0.490 e. The highest BCUT2D eigenvalue weighted by molar-refractivity contribution is 9.10. The lowest BCUT2D eigenvalue weighted by atomic mass is 10.2. The maximum absolute atomic E-state index is 12.7. The van der Waals surface area contributed by atoms with Crippen molar-refractivity contribution < 1.29 is 9.53 Å². The third kappa shape index (κ3) is 2.10. The van der Waals surface area contributed by atoms with Crippen LogP contribution in [0.15, 0.2) is 28.9 Å². The number of hydrogen-bond acceptors (Lipinski definition) is 3. The zero-order valence-electron chi connectivity index (χ0n) is 11.3. The molecule has 0 aliphatic carbocycles. The van der Waals surface area contributed by atoms with Crippen LogP contribution in [0.2, 0.25) is 0 Å². The summed E-state index contributed by atoms with van der Waals surface area (Å²) in [6.07, 6.45) is 1.62. The molecule has 1 aromatic heterocycles. The van der Waals surface area contributed by atoms with Crippen LogP contribution in [-0.2, 0) is 7.05 Å². The van der Waals surface area contributed by atoms with E-state index < -0.39 is 0 Å². The minimum absolute atomic E-state index is 0.0433. The van der Waals surface area contributed by atoms with Gasteiger partial charge in [0, 0.05) is 17.2 Å². The average molecular weight is 336 g/mol. The summed E-state index contributed by atoms with van der Waals surface area (Å²) in [5.74, 6) is 0.688. The fourth-order valence-corrected chi connectivity index (χ4v) is 2.60. The van der Waals surface area contributed by atoms with Crippen molar-refractivity contribution in [1.82, 2.24) is 9.78 Å². The topological polar surface area (TPSA) is 47.4 Å². The van der Waals surface area contributed by atoms with E-state index in [1.54, 1.807) is 15.8 Å². The Labute approximate surface area is 125 Å². The predicted molar refractivity (Wildman–Crippen MR) is 79.3 cm³/mol. The molecule has 1 aliphatic rings. The van der Waals surface area contributed by atoms with Gasteiger partial charge in [-0.15, -0.1) is 0 Å². The molecular weight excluding hydrogens is 322 g/mol. The highest BCUT2D eigenvalue weighted by Gasteiger charge is 2.27. The Morgan fingerprint density at radius 1 is 1.45 bits per heavy atom. The average Bonchev–Trinajstić information content (AvgIpc) is 2.77. The second-order valence-electron chi connectivity index (χ2n) is 4.68. The van der Waals surface area contributed by atoms with Crippen molar-refractivity contribution >= 4 is 27.5 Å². The summed E-state index contributed by atoms with van der Waals surface area (Å²) in [5.41, 5.74) is 2.28. The van der Waals surface area contributed by atoms with Gasteiger partial charge in [0.2, 0.25) is 0 Å². The highest BCUT2D eigenvalue weighted by Crippen LogP contribution is 2.35. The lowest BCUT2D eigenvalue weighted by Gasteiger charge is -2.29. The van der Waals surface area contributed by atoms with E-state index in [-0.39, 0.29) is 5.91 Å². The standard InChI is InChI=1S/C14H14BrN3O2/c1-9-11(8-16-17(9)2)14(19)18-5-6-20-13-4-3-10(15)7-12(13)18/h3-4,7-8H,5-6H2,1-2H3. The molecule has 2 aromatic rings. The van der Waals surface area contributed by atoms with Gasteiger partial charge in [-0.3, -0.25) is 9.48 Å². The lowest BCUT2D eigenvalue weighted by molar-refractivity contribution is 0.0976. The minimum Gasteiger partial charge on any atom is -0.490 e. The van der Waals surface area contributed by atoms with E-state index >= 15 is 0 Å². The Hall–Kier alpha value is -1.82. The first kappa shape index (κ1) is 13.2. The Kier molecular flexibility index (Phi) is 3.25. The van der Waals surface area contributed by atoms with Crippen molar-refractivity contribution in [1.29, 1.82) is 0 Å². The second kappa shape index (κ2) is 4.94. The van der Waals surface area contributed by atoms with Gasteiger partial charge in [-0.05, 0) is 25.1 Å². The third-order valence-corrected chi connectivity index (χ3v) is 3.99. The summed E-state index contributed by atoms with van der Waals surface area (Å²) in [6, 6.07) is 5.68. The monoisotopic (exact) mass is 335 g/mol. The number of anilines is 1. The van der Waals surface area contributed by atoms with Crippen LogP contribution in [0.1, 0.15) is 16.1 Å². The van der Waals surface area contributed by atoms with Gasteiger partial charge in [0.15, 0.2) is 0 Å². The molecule has 0 bridgehead atoms. The molecule has 0 radical (unpaired) electrons. The number of carbonyl (C=O) groups excluding carboxylic acids is 1. The quantitative estimate of drug-likeness (QED) is 0.804. The van der Waals surface area contributed by atoms with Crippen LogP contribution >= 0.6 is 15.9 Å². The first-order chi connectivity index (χ1) is 9.58. The normalized spacial score (nSPS) is 13.8. The first-order valence-electron chi connectivity index (χ1n) is 6.31. The molecule has 0 fully saturated rings. The summed E-state index contributed by atoms with van der Waals surface area (Å²) in [5, 5.41) is 4.13. The molecule has 5 nitrogen and oxygen atoms in total. The second-order valence-corrected chi connectivity index (χ2v) is 5.60. The van der Waals surface area contributed by atoms with E-state index in [1.165, 1.54) is 0 Å². The molecule has 3 rings (SSSR count). The predicted octanol–water partition coefficient (Wildman–Crippen LogP) is 2.53. The van der Waals surface area contributed by atoms with Crippen LogP contribution in [-0.4, -0.2) is 28.8 Å². The van der Waals surface area contributed by atoms with Gasteiger partial charge in [0.05, 0.1) is 24.0 Å². The van der Waals surface area contributed by atoms with Crippen LogP contribution in [0.5, 0.6) is 5.75 Å². The van der Waals surface area contributed by atoms with E-state index in [0.717, 1.165) is 21.6 Å². The number of halogens is 1. The number of ether oxygens (including phenoxy) is 1. The molecule has 2 heterocycles. The molecule has 20 heavy (non-hydrogen) atoms. The fourth-order valence-electron chi connectivity index (χ4n) is 2.26. The summed E-state index contributed by atoms with van der Waals surface area (Å²) in [6.45, 7) is 2.93. The number of aromatic nitrogens is 2. The molecule has 0 saturated carbocycles. The van der Waals surface area contributed by atoms with Gasteiger partial charge in [-0.2, -0.15) is 5.10 Å². The Morgan fingerprint density at radius 2 is 2.25 bits per heavy atom. The van der Waals surface area contributed by atoms with E-state index in [0.29, 0.717) is 18.7 Å². The maximum atomic E-state index is 12.7. The molecule has 0 atom stereocenters. The Balaban J connectivity index is 2.02. The van der Waals surface area contributed by atoms with Gasteiger partial charge in [0.1, 0.15) is 12.4 Å². The van der Waals surface area contributed by atoms with Crippen LogP contribution in [0.4, 0.5) is 5.69 Å². The molecule has 0 N–H and O–H groups in total. The van der Waals surface area contributed by atoms with E-state index in [2.05, 4.69) is 21.0 Å². The van der Waals surface area contributed by atoms with E-state index in [9.17, 15) is 4.79 Å². The number of benzene rings is 1. The zero-order valence-corrected chi connectivity index (χ0v) is 12.8. The summed E-state index contributed by atoms with van der Waals surface area (Å²) in [4.78, 5) is 14.5. The number of amides is 1. The summed E-state index contributed by atoms with van der Waals surface area (Å²) < 4.78 is 8.22. The number of nitrogens with zero attached hydrogens (tertiary/aromatic N) is 3. The highest BCUT2D eigenvalue weighted by atomic mass is 79.9. The lowest BCUT2D eigenvalue weighted by Crippen LogP contribution is -2.38. The number of fused-ring (bicyclic) bond motifs is 1. The number of carbonyl (C=O) groups is 1. The zero-order chi connectivity index (χ0) is 14.3. The Morgan fingerprint density at radius 3 is 2.95 bits per heavy atom. The SMILES string of the molecule is Cc1c(C(=O)N2CCOc3ccc(Br)cc32)cnn1C. The van der Waals surface area contributed by atoms with Crippen molar-refractivity contribution in [3.63, 3.8) is 0 Å². The number of hydrogen-bond donors (Lipinski definition) is 0. The molecular formula is C14H14BrN3O2. The third-order valence-electron chi connectivity index (χ3n) is 3.50. The molecule has 1 aliphatic heterocycles. The molecule has 1 aromatic carbocycles. The van der Waals surface area contributed by atoms with Crippen molar-refractivity contribution in [2.75, 3.05) is 18.1 Å². The van der Waals surface area contributed by atoms with Gasteiger partial charge in [0.25, 0.3) is 5.91 Å². The number of aryl methyl sites for hydroxylation is 1. The maximum Gasteiger partial charge on any atom is 0.261 e. The minimum atomic E-state index is -0.0433. The fraction of sp³-hybridized carbons (Fsp3) is 0.286. The van der Waals surface area contributed by atoms with Crippen LogP contribution in [0, 0.1) is 6.92 Å². The van der Waals surface area contributed by atoms with Crippen LogP contribution in [0.3, 0.4) is 0 Å². The van der Waals surface area contributed by atoms with Gasteiger partial charge >= 0.3 is 0 Å². The van der Waals surface area contributed by atoms with Crippen molar-refractivity contribution in [2.24, 2.45) is 7.05 Å². The van der Waals surface area contributed by atoms with Crippen molar-refractivity contribution in [3.8, 4) is 5.75 Å². The smallest absolute Gasteiger partial charge is 0.261 e. The molecule has 1 amide bonds. The van der Waals surface area contributed by atoms with Crippen molar-refractivity contribution in [2.45, 2.75) is 6.92 Å². The van der Waals surface area contributed by atoms with Gasteiger partial charge < -0.3 is 9.64 Å². The molecule has 6 heteroatoms. The van der Waals surface area contributed by atoms with Crippen LogP contribution < -0.4 is 9.64 Å². The van der Waals surface area contributed by atoms with Gasteiger partial charge in [-0.1, -0.05) is 15.9 Å². The van der Waals surface area contributed by atoms with E-state index in [4.69, 9.17) is 4.74 Å². The van der Waals surface area contributed by atoms with E-state index in [1.807, 2.05) is 32.2 Å². The first-order valence-corrected chi connectivity index (χ1v) is 7.10. The Bertz CT molecular complexity index is 681. The molecule has 0 spiro atoms. The summed E-state index contributed by atoms with van der Waals surface area (Å²) >= 11 is 3.43. The summed E-state index contributed by atoms with van der Waals surface area (Å²) in [7, 11) is 1.83. The van der Waals surface area contributed by atoms with Gasteiger partial charge in [-0.25, -0.2) is 0 Å². The number of rotatable bonds is 1. The molecule has 0 saturated heterocycles. The van der Waals surface area contributed by atoms with Crippen LogP contribution in [0.25, 0.3) is 0 Å². The molecule has 0 unspecified atom stereocenters. The van der Waals surface area contributed by atoms with Crippen molar-refractivity contribution in [3.05, 3.63) is 40.1 Å².